The molecule has 0 aromatic carbocycles. The molecule has 0 radical (unpaired) electrons. The van der Waals surface area contributed by atoms with Crippen molar-refractivity contribution in [2.45, 2.75) is 18.8 Å². The zero-order valence-electron chi connectivity index (χ0n) is 8.78. The normalized spacial score (nSPS) is 15.2. The fraction of sp³-hybridized carbons (Fsp3) is 0.273. The number of nitrogens with one attached hydrogen (secondary N) is 1. The third kappa shape index (κ3) is 1.99. The molecule has 17 heavy (non-hydrogen) atoms. The molecule has 6 heteroatoms. The molecule has 2 aromatic rings. The molecule has 2 heterocycles. The van der Waals surface area contributed by atoms with Gasteiger partial charge in [-0.05, 0) is 56.8 Å². The van der Waals surface area contributed by atoms with Crippen LogP contribution in [-0.4, -0.2) is 14.8 Å². The molecule has 0 spiro atoms. The first-order valence-corrected chi connectivity index (χ1v) is 6.88. The Morgan fingerprint density at radius 2 is 2.12 bits per heavy atom. The van der Waals surface area contributed by atoms with Crippen molar-refractivity contribution in [3.8, 4) is 5.82 Å². The van der Waals surface area contributed by atoms with Crippen molar-refractivity contribution in [2.24, 2.45) is 0 Å². The smallest absolute Gasteiger partial charge is 0.287 e. The summed E-state index contributed by atoms with van der Waals surface area (Å²) in [4.78, 5) is 16.2. The van der Waals surface area contributed by atoms with Crippen LogP contribution in [0, 0.1) is 0 Å². The molecule has 0 bridgehead atoms. The van der Waals surface area contributed by atoms with E-state index in [0.29, 0.717) is 16.2 Å². The van der Waals surface area contributed by atoms with Crippen molar-refractivity contribution < 1.29 is 0 Å². The van der Waals surface area contributed by atoms with Gasteiger partial charge in [-0.15, -0.1) is 0 Å². The molecule has 1 saturated carbocycles. The number of hydrogen-bond donors (Lipinski definition) is 1. The lowest BCUT2D eigenvalue weighted by Gasteiger charge is -2.00. The van der Waals surface area contributed by atoms with Crippen molar-refractivity contribution in [1.82, 2.24) is 14.8 Å². The average molecular weight is 359 g/mol. The first-order chi connectivity index (χ1) is 8.16. The molecule has 0 atom stereocenters. The second-order valence-electron chi connectivity index (χ2n) is 4.09. The molecule has 2 aromatic heterocycles. The zero-order chi connectivity index (χ0) is 12.0. The minimum atomic E-state index is -0.0817. The van der Waals surface area contributed by atoms with E-state index in [9.17, 15) is 4.79 Å². The molecule has 1 aliphatic carbocycles. The summed E-state index contributed by atoms with van der Waals surface area (Å²) in [6, 6.07) is 3.66. The first-order valence-electron chi connectivity index (χ1n) is 5.29. The summed E-state index contributed by atoms with van der Waals surface area (Å²) in [5.74, 6) is 1.10. The van der Waals surface area contributed by atoms with Gasteiger partial charge in [0.15, 0.2) is 5.82 Å². The SMILES string of the molecule is O=c1c(Br)c(C2CC2)[nH]n1-c1ccc(Br)cn1. The number of H-pyrrole nitrogens is 1. The Bertz CT molecular complexity index is 611. The lowest BCUT2D eigenvalue weighted by Crippen LogP contribution is -2.15. The van der Waals surface area contributed by atoms with Gasteiger partial charge in [-0.2, -0.15) is 0 Å². The third-order valence-corrected chi connectivity index (χ3v) is 4.02. The molecule has 0 aliphatic heterocycles. The first kappa shape index (κ1) is 11.2. The van der Waals surface area contributed by atoms with E-state index in [0.717, 1.165) is 23.0 Å². The lowest BCUT2D eigenvalue weighted by molar-refractivity contribution is 0.791. The summed E-state index contributed by atoms with van der Waals surface area (Å²) in [6.45, 7) is 0. The van der Waals surface area contributed by atoms with E-state index in [1.807, 2.05) is 6.07 Å². The van der Waals surface area contributed by atoms with Gasteiger partial charge in [0.25, 0.3) is 5.56 Å². The monoisotopic (exact) mass is 357 g/mol. The average Bonchev–Trinajstić information content (AvgIpc) is 3.11. The molecule has 1 N–H and O–H groups in total. The van der Waals surface area contributed by atoms with E-state index in [1.54, 1.807) is 12.3 Å². The predicted octanol–water partition coefficient (Wildman–Crippen LogP) is 2.96. The van der Waals surface area contributed by atoms with Crippen molar-refractivity contribution >= 4 is 31.9 Å². The maximum absolute atomic E-state index is 12.0. The molecule has 0 amide bonds. The van der Waals surface area contributed by atoms with Crippen LogP contribution >= 0.6 is 31.9 Å². The van der Waals surface area contributed by atoms with Gasteiger partial charge < -0.3 is 0 Å². The molecule has 88 valence electrons. The number of nitrogens with zero attached hydrogens (tertiary/aromatic N) is 2. The Labute approximate surface area is 114 Å². The molecule has 1 aliphatic rings. The van der Waals surface area contributed by atoms with Gasteiger partial charge in [-0.3, -0.25) is 9.89 Å². The fourth-order valence-corrected chi connectivity index (χ4v) is 2.56. The summed E-state index contributed by atoms with van der Waals surface area (Å²) < 4.78 is 3.00. The largest absolute Gasteiger partial charge is 0.292 e. The molecule has 1 fully saturated rings. The highest BCUT2D eigenvalue weighted by molar-refractivity contribution is 9.10. The highest BCUT2D eigenvalue weighted by atomic mass is 79.9. The van der Waals surface area contributed by atoms with Crippen LogP contribution in [0.25, 0.3) is 5.82 Å². The van der Waals surface area contributed by atoms with Crippen LogP contribution in [0.4, 0.5) is 0 Å². The van der Waals surface area contributed by atoms with Crippen LogP contribution in [0.3, 0.4) is 0 Å². The van der Waals surface area contributed by atoms with E-state index in [-0.39, 0.29) is 5.56 Å². The second-order valence-corrected chi connectivity index (χ2v) is 5.80. The van der Waals surface area contributed by atoms with Crippen LogP contribution < -0.4 is 5.56 Å². The third-order valence-electron chi connectivity index (χ3n) is 2.79. The number of aromatic amines is 1. The maximum atomic E-state index is 12.0. The topological polar surface area (TPSA) is 50.7 Å². The fourth-order valence-electron chi connectivity index (χ4n) is 1.74. The summed E-state index contributed by atoms with van der Waals surface area (Å²) in [5.41, 5.74) is 0.904. The molecule has 0 unspecified atom stereocenters. The molecule has 4 nitrogen and oxygen atoms in total. The van der Waals surface area contributed by atoms with Crippen molar-refractivity contribution in [3.63, 3.8) is 0 Å². The Morgan fingerprint density at radius 3 is 2.71 bits per heavy atom. The van der Waals surface area contributed by atoms with Crippen LogP contribution in [0.5, 0.6) is 0 Å². The molecular weight excluding hydrogens is 350 g/mol. The number of pyridine rings is 1. The summed E-state index contributed by atoms with van der Waals surface area (Å²) in [5, 5.41) is 3.13. The number of halogens is 2. The minimum absolute atomic E-state index is 0.0817. The summed E-state index contributed by atoms with van der Waals surface area (Å²) >= 11 is 6.67. The minimum Gasteiger partial charge on any atom is -0.292 e. The number of rotatable bonds is 2. The molecule has 0 saturated heterocycles. The predicted molar refractivity (Wildman–Crippen MR) is 71.6 cm³/mol. The molecule has 3 rings (SSSR count). The number of aromatic nitrogens is 3. The van der Waals surface area contributed by atoms with E-state index >= 15 is 0 Å². The summed E-state index contributed by atoms with van der Waals surface area (Å²) in [6.07, 6.45) is 3.96. The Kier molecular flexibility index (Phi) is 2.71. The van der Waals surface area contributed by atoms with Crippen LogP contribution in [0.15, 0.2) is 32.1 Å². The summed E-state index contributed by atoms with van der Waals surface area (Å²) in [7, 11) is 0. The van der Waals surface area contributed by atoms with Gasteiger partial charge in [-0.1, -0.05) is 0 Å². The Hall–Kier alpha value is -0.880. The van der Waals surface area contributed by atoms with Gasteiger partial charge in [0.1, 0.15) is 4.47 Å². The number of hydrogen-bond acceptors (Lipinski definition) is 2. The van der Waals surface area contributed by atoms with Gasteiger partial charge in [-0.25, -0.2) is 9.67 Å². The van der Waals surface area contributed by atoms with Gasteiger partial charge in [0.05, 0.1) is 5.69 Å². The second kappa shape index (κ2) is 4.10. The Morgan fingerprint density at radius 1 is 1.35 bits per heavy atom. The van der Waals surface area contributed by atoms with Crippen LogP contribution in [0.1, 0.15) is 24.5 Å². The Balaban J connectivity index is 2.11. The van der Waals surface area contributed by atoms with Crippen LogP contribution in [0.2, 0.25) is 0 Å². The lowest BCUT2D eigenvalue weighted by atomic mass is 10.3. The van der Waals surface area contributed by atoms with E-state index < -0.39 is 0 Å². The highest BCUT2D eigenvalue weighted by Gasteiger charge is 2.29. The van der Waals surface area contributed by atoms with Gasteiger partial charge in [0, 0.05) is 16.6 Å². The molecular formula is C11H9Br2N3O. The van der Waals surface area contributed by atoms with Gasteiger partial charge in [0.2, 0.25) is 0 Å². The highest BCUT2D eigenvalue weighted by Crippen LogP contribution is 2.41. The van der Waals surface area contributed by atoms with E-state index in [2.05, 4.69) is 41.9 Å². The van der Waals surface area contributed by atoms with Crippen molar-refractivity contribution in [1.29, 1.82) is 0 Å². The van der Waals surface area contributed by atoms with E-state index in [1.165, 1.54) is 4.68 Å². The van der Waals surface area contributed by atoms with Crippen molar-refractivity contribution in [3.05, 3.63) is 43.3 Å². The van der Waals surface area contributed by atoms with E-state index in [4.69, 9.17) is 0 Å². The zero-order valence-corrected chi connectivity index (χ0v) is 12.0. The van der Waals surface area contributed by atoms with Gasteiger partial charge >= 0.3 is 0 Å². The maximum Gasteiger partial charge on any atom is 0.287 e. The quantitative estimate of drug-likeness (QED) is 0.897. The standard InChI is InChI=1S/C11H9Br2N3O/c12-7-3-4-8(14-5-7)16-11(17)9(13)10(15-16)6-1-2-6/h3-6,15H,1-2H2. The van der Waals surface area contributed by atoms with Crippen LogP contribution in [-0.2, 0) is 0 Å². The van der Waals surface area contributed by atoms with Crippen molar-refractivity contribution in [2.75, 3.05) is 0 Å².